The third-order valence-electron chi connectivity index (χ3n) is 7.07. The number of ether oxygens (including phenoxy) is 4. The highest BCUT2D eigenvalue weighted by atomic mass is 16.7. The maximum Gasteiger partial charge on any atom is 0.345 e. The molecule has 1 fully saturated rings. The van der Waals surface area contributed by atoms with Gasteiger partial charge in [0.25, 0.3) is 0 Å². The van der Waals surface area contributed by atoms with E-state index in [4.69, 9.17) is 18.9 Å². The number of carbonyl (C=O) groups excluding carboxylic acids is 1. The molecular weight excluding hydrogens is 396 g/mol. The lowest BCUT2D eigenvalue weighted by atomic mass is 9.80. The molecule has 0 amide bonds. The second-order valence-electron chi connectivity index (χ2n) is 9.02. The summed E-state index contributed by atoms with van der Waals surface area (Å²) in [6.07, 6.45) is 9.71. The van der Waals surface area contributed by atoms with Crippen molar-refractivity contribution in [2.45, 2.75) is 77.3 Å². The van der Waals surface area contributed by atoms with Gasteiger partial charge in [0.2, 0.25) is 5.79 Å². The predicted octanol–water partition coefficient (Wildman–Crippen LogP) is 5.08. The molecule has 31 heavy (non-hydrogen) atoms. The molecular formula is C25H34O6. The number of aromatic hydroxyl groups is 1. The van der Waals surface area contributed by atoms with Crippen molar-refractivity contribution in [3.63, 3.8) is 0 Å². The van der Waals surface area contributed by atoms with Gasteiger partial charge in [-0.05, 0) is 31.4 Å². The maximum atomic E-state index is 12.6. The molecule has 4 rings (SSSR count). The highest BCUT2D eigenvalue weighted by molar-refractivity contribution is 5.96. The van der Waals surface area contributed by atoms with E-state index >= 15 is 0 Å². The number of unbranched alkanes of at least 4 members (excludes halogenated alkanes) is 2. The highest BCUT2D eigenvalue weighted by Gasteiger charge is 2.55. The van der Waals surface area contributed by atoms with Crippen LogP contribution in [0, 0.1) is 11.8 Å². The topological polar surface area (TPSA) is 74.2 Å². The van der Waals surface area contributed by atoms with Gasteiger partial charge in [-0.25, -0.2) is 4.79 Å². The molecule has 1 aromatic rings. The molecule has 0 radical (unpaired) electrons. The molecule has 1 saturated heterocycles. The van der Waals surface area contributed by atoms with Crippen molar-refractivity contribution in [2.24, 2.45) is 11.8 Å². The molecule has 0 unspecified atom stereocenters. The Bertz CT molecular complexity index is 862. The molecule has 1 N–H and O–H groups in total. The van der Waals surface area contributed by atoms with Gasteiger partial charge in [0, 0.05) is 23.8 Å². The largest absolute Gasteiger partial charge is 0.507 e. The van der Waals surface area contributed by atoms with Crippen molar-refractivity contribution in [3.8, 4) is 11.5 Å². The Labute approximate surface area is 184 Å². The molecule has 6 nitrogen and oxygen atoms in total. The van der Waals surface area contributed by atoms with Gasteiger partial charge in [0.05, 0.1) is 25.9 Å². The van der Waals surface area contributed by atoms with E-state index in [-0.39, 0.29) is 35.4 Å². The molecule has 0 saturated carbocycles. The number of phenols is 1. The van der Waals surface area contributed by atoms with Gasteiger partial charge < -0.3 is 24.1 Å². The monoisotopic (exact) mass is 430 g/mol. The average Bonchev–Trinajstić information content (AvgIpc) is 3.02. The first-order valence-corrected chi connectivity index (χ1v) is 11.5. The van der Waals surface area contributed by atoms with E-state index in [1.165, 1.54) is 13.5 Å². The van der Waals surface area contributed by atoms with Crippen molar-refractivity contribution >= 4 is 5.97 Å². The van der Waals surface area contributed by atoms with Crippen LogP contribution in [0.25, 0.3) is 0 Å². The van der Waals surface area contributed by atoms with Crippen molar-refractivity contribution in [2.75, 3.05) is 13.7 Å². The molecule has 0 aliphatic carbocycles. The van der Waals surface area contributed by atoms with Crippen molar-refractivity contribution in [3.05, 3.63) is 34.9 Å². The van der Waals surface area contributed by atoms with Gasteiger partial charge in [-0.3, -0.25) is 0 Å². The summed E-state index contributed by atoms with van der Waals surface area (Å²) < 4.78 is 24.3. The standard InChI is InChI=1S/C25H34O6/c1-5-7-8-10-18-11-17-12-19(26)22(24(27)28-4)23-21(17)20(30-18)13-25(31-23)15(3)16(9-6-2)14-29-25/h6,9,12,15-16,18,20,26H,5,7-8,10-11,13-14H2,1-4H3/b9-6+/t15-,16+,18+,20-,25-/m1/s1. The van der Waals surface area contributed by atoms with Crippen LogP contribution >= 0.6 is 0 Å². The van der Waals surface area contributed by atoms with Crippen LogP contribution in [0.3, 0.4) is 0 Å². The summed E-state index contributed by atoms with van der Waals surface area (Å²) in [5.74, 6) is -0.988. The van der Waals surface area contributed by atoms with Crippen molar-refractivity contribution in [1.29, 1.82) is 0 Å². The van der Waals surface area contributed by atoms with Crippen molar-refractivity contribution < 1.29 is 28.8 Å². The number of hydrogen-bond donors (Lipinski definition) is 1. The quantitative estimate of drug-likeness (QED) is 0.385. The van der Waals surface area contributed by atoms with Gasteiger partial charge in [-0.2, -0.15) is 0 Å². The molecule has 3 heterocycles. The van der Waals surface area contributed by atoms with E-state index in [2.05, 4.69) is 19.9 Å². The zero-order valence-corrected chi connectivity index (χ0v) is 19.0. The molecule has 3 aliphatic heterocycles. The second kappa shape index (κ2) is 8.83. The van der Waals surface area contributed by atoms with E-state index in [0.29, 0.717) is 25.2 Å². The third kappa shape index (κ3) is 3.85. The summed E-state index contributed by atoms with van der Waals surface area (Å²) in [5, 5.41) is 10.8. The van der Waals surface area contributed by atoms with E-state index in [1.54, 1.807) is 6.07 Å². The first-order chi connectivity index (χ1) is 14.9. The number of phenolic OH excluding ortho intramolecular Hbond substituents is 1. The summed E-state index contributed by atoms with van der Waals surface area (Å²) in [6, 6.07) is 1.69. The summed E-state index contributed by atoms with van der Waals surface area (Å²) in [5.41, 5.74) is 1.91. The van der Waals surface area contributed by atoms with Gasteiger partial charge in [0.15, 0.2) is 0 Å². The van der Waals surface area contributed by atoms with Crippen molar-refractivity contribution in [1.82, 2.24) is 0 Å². The van der Waals surface area contributed by atoms with Crippen LogP contribution in [0.5, 0.6) is 11.5 Å². The summed E-state index contributed by atoms with van der Waals surface area (Å²) in [6.45, 7) is 6.86. The second-order valence-corrected chi connectivity index (χ2v) is 9.02. The average molecular weight is 431 g/mol. The van der Waals surface area contributed by atoms with Crippen LogP contribution in [0.2, 0.25) is 0 Å². The summed E-state index contributed by atoms with van der Waals surface area (Å²) in [7, 11) is 1.31. The Morgan fingerprint density at radius 1 is 1.39 bits per heavy atom. The fourth-order valence-electron chi connectivity index (χ4n) is 5.32. The van der Waals surface area contributed by atoms with Gasteiger partial charge in [-0.1, -0.05) is 45.3 Å². The van der Waals surface area contributed by atoms with E-state index < -0.39 is 11.8 Å². The smallest absolute Gasteiger partial charge is 0.345 e. The molecule has 1 aromatic carbocycles. The first kappa shape index (κ1) is 22.2. The normalized spacial score (nSPS) is 31.6. The zero-order chi connectivity index (χ0) is 22.2. The third-order valence-corrected chi connectivity index (χ3v) is 7.07. The van der Waals surface area contributed by atoms with E-state index in [1.807, 2.05) is 13.0 Å². The fraction of sp³-hybridized carbons (Fsp3) is 0.640. The molecule has 6 heteroatoms. The summed E-state index contributed by atoms with van der Waals surface area (Å²) in [4.78, 5) is 12.6. The minimum absolute atomic E-state index is 0.0589. The number of carbonyl (C=O) groups is 1. The highest BCUT2D eigenvalue weighted by Crippen LogP contribution is 2.55. The predicted molar refractivity (Wildman–Crippen MR) is 116 cm³/mol. The Morgan fingerprint density at radius 3 is 2.90 bits per heavy atom. The lowest BCUT2D eigenvalue weighted by Crippen LogP contribution is -2.48. The fourth-order valence-corrected chi connectivity index (χ4v) is 5.32. The zero-order valence-electron chi connectivity index (χ0n) is 19.0. The van der Waals surface area contributed by atoms with Crippen LogP contribution in [0.15, 0.2) is 18.2 Å². The Morgan fingerprint density at radius 2 is 2.19 bits per heavy atom. The first-order valence-electron chi connectivity index (χ1n) is 11.5. The van der Waals surface area contributed by atoms with Gasteiger partial charge >= 0.3 is 5.97 Å². The molecule has 170 valence electrons. The van der Waals surface area contributed by atoms with Crippen LogP contribution < -0.4 is 4.74 Å². The Hall–Kier alpha value is -2.05. The molecule has 3 aliphatic rings. The minimum Gasteiger partial charge on any atom is -0.507 e. The lowest BCUT2D eigenvalue weighted by Gasteiger charge is -2.45. The van der Waals surface area contributed by atoms with E-state index in [9.17, 15) is 9.90 Å². The van der Waals surface area contributed by atoms with Gasteiger partial charge in [0.1, 0.15) is 17.1 Å². The Kier molecular flexibility index (Phi) is 6.31. The molecule has 5 atom stereocenters. The van der Waals surface area contributed by atoms with Gasteiger partial charge in [-0.15, -0.1) is 0 Å². The number of esters is 1. The maximum absolute atomic E-state index is 12.6. The number of allylic oxidation sites excluding steroid dienone is 1. The SMILES string of the molecule is C/C=C/[C@H]1CO[C@@]2(C[C@H]3O[C@@H](CCCCC)Cc4cc(O)c(C(=O)OC)c(c43)O2)[C@@H]1C. The number of rotatable bonds is 6. The number of methoxy groups -OCH3 is 1. The molecule has 0 aromatic heterocycles. The molecule has 1 spiro atoms. The number of benzene rings is 1. The molecule has 0 bridgehead atoms. The van der Waals surface area contributed by atoms with Crippen LogP contribution in [0.4, 0.5) is 0 Å². The lowest BCUT2D eigenvalue weighted by molar-refractivity contribution is -0.214. The van der Waals surface area contributed by atoms with Crippen LogP contribution in [-0.4, -0.2) is 36.7 Å². The minimum atomic E-state index is -0.902. The van der Waals surface area contributed by atoms with Crippen LogP contribution in [0.1, 0.15) is 80.5 Å². The number of hydrogen-bond acceptors (Lipinski definition) is 6. The van der Waals surface area contributed by atoms with E-state index in [0.717, 1.165) is 30.4 Å². The summed E-state index contributed by atoms with van der Waals surface area (Å²) >= 11 is 0. The Balaban J connectivity index is 1.76. The van der Waals surface area contributed by atoms with Crippen LogP contribution in [-0.2, 0) is 20.6 Å².